The Morgan fingerprint density at radius 2 is 1.59 bits per heavy atom. The van der Waals surface area contributed by atoms with E-state index in [0.29, 0.717) is 25.0 Å². The van der Waals surface area contributed by atoms with Gasteiger partial charge < -0.3 is 20.5 Å². The van der Waals surface area contributed by atoms with E-state index in [-0.39, 0.29) is 12.5 Å². The SMILES string of the molecule is CCC(C)[C@H](NC(=O)COc1ccccc1)C(=O)N[C@@H](CCc1ccccc1)C(=O)CO. The van der Waals surface area contributed by atoms with Crippen molar-refractivity contribution in [2.45, 2.75) is 45.2 Å². The highest BCUT2D eigenvalue weighted by atomic mass is 16.5. The summed E-state index contributed by atoms with van der Waals surface area (Å²) in [4.78, 5) is 37.7. The topological polar surface area (TPSA) is 105 Å². The zero-order valence-corrected chi connectivity index (χ0v) is 18.6. The van der Waals surface area contributed by atoms with Crippen molar-refractivity contribution in [1.29, 1.82) is 0 Å². The molecule has 0 fully saturated rings. The average Bonchev–Trinajstić information content (AvgIpc) is 2.83. The molecule has 2 amide bonds. The third kappa shape index (κ3) is 8.15. The Bertz CT molecular complexity index is 857. The summed E-state index contributed by atoms with van der Waals surface area (Å²) < 4.78 is 5.46. The van der Waals surface area contributed by atoms with Gasteiger partial charge >= 0.3 is 0 Å². The van der Waals surface area contributed by atoms with Crippen molar-refractivity contribution in [3.05, 3.63) is 66.2 Å². The molecule has 0 radical (unpaired) electrons. The van der Waals surface area contributed by atoms with Crippen LogP contribution in [0.2, 0.25) is 0 Å². The van der Waals surface area contributed by atoms with E-state index >= 15 is 0 Å². The van der Waals surface area contributed by atoms with Crippen LogP contribution in [0, 0.1) is 5.92 Å². The lowest BCUT2D eigenvalue weighted by Gasteiger charge is -2.26. The molecule has 0 saturated carbocycles. The van der Waals surface area contributed by atoms with Gasteiger partial charge in [-0.15, -0.1) is 0 Å². The van der Waals surface area contributed by atoms with E-state index in [0.717, 1.165) is 5.56 Å². The smallest absolute Gasteiger partial charge is 0.258 e. The Kier molecular flexibility index (Phi) is 10.4. The maximum absolute atomic E-state index is 13.0. The van der Waals surface area contributed by atoms with Crippen molar-refractivity contribution < 1.29 is 24.2 Å². The van der Waals surface area contributed by atoms with Crippen LogP contribution in [0.1, 0.15) is 32.3 Å². The number of para-hydroxylation sites is 1. The Hall–Kier alpha value is -3.19. The second-order valence-electron chi connectivity index (χ2n) is 7.74. The predicted octanol–water partition coefficient (Wildman–Crippen LogP) is 2.28. The number of aliphatic hydroxyl groups is 1. The van der Waals surface area contributed by atoms with Crippen molar-refractivity contribution in [3.63, 3.8) is 0 Å². The standard InChI is InChI=1S/C25H32N2O5/c1-3-18(2)24(27-23(30)17-32-20-12-8-5-9-13-20)25(31)26-21(22(29)16-28)15-14-19-10-6-4-7-11-19/h4-13,18,21,24,28H,3,14-17H2,1-2H3,(H,26,31)(H,27,30)/t18?,21-,24-/m0/s1. The van der Waals surface area contributed by atoms with E-state index in [9.17, 15) is 19.5 Å². The quantitative estimate of drug-likeness (QED) is 0.443. The molecule has 32 heavy (non-hydrogen) atoms. The van der Waals surface area contributed by atoms with Gasteiger partial charge in [-0.05, 0) is 36.5 Å². The number of ether oxygens (including phenoxy) is 1. The number of hydrogen-bond acceptors (Lipinski definition) is 5. The first-order valence-electron chi connectivity index (χ1n) is 10.9. The lowest BCUT2D eigenvalue weighted by molar-refractivity contribution is -0.133. The maximum atomic E-state index is 13.0. The van der Waals surface area contributed by atoms with Crippen LogP contribution in [0.5, 0.6) is 5.75 Å². The minimum Gasteiger partial charge on any atom is -0.484 e. The zero-order chi connectivity index (χ0) is 23.3. The van der Waals surface area contributed by atoms with E-state index in [1.165, 1.54) is 0 Å². The minimum absolute atomic E-state index is 0.158. The van der Waals surface area contributed by atoms with Crippen LogP contribution < -0.4 is 15.4 Å². The van der Waals surface area contributed by atoms with Gasteiger partial charge in [0.1, 0.15) is 18.4 Å². The number of aryl methyl sites for hydroxylation is 1. The number of carbonyl (C=O) groups is 3. The molecule has 2 aromatic rings. The summed E-state index contributed by atoms with van der Waals surface area (Å²) in [6.07, 6.45) is 1.58. The molecule has 7 heteroatoms. The van der Waals surface area contributed by atoms with Crippen LogP contribution in [-0.2, 0) is 20.8 Å². The molecule has 0 spiro atoms. The Labute approximate surface area is 189 Å². The predicted molar refractivity (Wildman–Crippen MR) is 122 cm³/mol. The summed E-state index contributed by atoms with van der Waals surface area (Å²) in [7, 11) is 0. The first-order valence-corrected chi connectivity index (χ1v) is 10.9. The van der Waals surface area contributed by atoms with Crippen molar-refractivity contribution in [3.8, 4) is 5.75 Å². The van der Waals surface area contributed by atoms with Gasteiger partial charge in [0.2, 0.25) is 5.91 Å². The molecular formula is C25H32N2O5. The second-order valence-corrected chi connectivity index (χ2v) is 7.74. The number of aliphatic hydroxyl groups excluding tert-OH is 1. The van der Waals surface area contributed by atoms with Gasteiger partial charge in [-0.1, -0.05) is 68.8 Å². The molecule has 0 aliphatic heterocycles. The van der Waals surface area contributed by atoms with E-state index in [2.05, 4.69) is 10.6 Å². The highest BCUT2D eigenvalue weighted by molar-refractivity contribution is 5.93. The minimum atomic E-state index is -0.836. The third-order valence-corrected chi connectivity index (χ3v) is 5.35. The molecule has 0 bridgehead atoms. The number of amides is 2. The monoisotopic (exact) mass is 440 g/mol. The van der Waals surface area contributed by atoms with Crippen molar-refractivity contribution in [1.82, 2.24) is 10.6 Å². The lowest BCUT2D eigenvalue weighted by atomic mass is 9.96. The molecule has 7 nitrogen and oxygen atoms in total. The fourth-order valence-electron chi connectivity index (χ4n) is 3.22. The van der Waals surface area contributed by atoms with Crippen LogP contribution in [-0.4, -0.2) is 48.0 Å². The van der Waals surface area contributed by atoms with Crippen molar-refractivity contribution in [2.24, 2.45) is 5.92 Å². The van der Waals surface area contributed by atoms with E-state index in [1.54, 1.807) is 24.3 Å². The van der Waals surface area contributed by atoms with Gasteiger partial charge in [0.05, 0.1) is 6.04 Å². The first-order chi connectivity index (χ1) is 15.4. The van der Waals surface area contributed by atoms with Gasteiger partial charge in [-0.25, -0.2) is 0 Å². The molecule has 2 aromatic carbocycles. The molecule has 0 aromatic heterocycles. The normalized spacial score (nSPS) is 13.5. The third-order valence-electron chi connectivity index (χ3n) is 5.35. The zero-order valence-electron chi connectivity index (χ0n) is 18.6. The summed E-state index contributed by atoms with van der Waals surface area (Å²) in [6, 6.07) is 16.9. The Morgan fingerprint density at radius 3 is 2.19 bits per heavy atom. The Balaban J connectivity index is 1.99. The molecule has 1 unspecified atom stereocenters. The highest BCUT2D eigenvalue weighted by Crippen LogP contribution is 2.12. The fourth-order valence-corrected chi connectivity index (χ4v) is 3.22. The number of rotatable bonds is 13. The molecular weight excluding hydrogens is 408 g/mol. The molecule has 0 aliphatic carbocycles. The van der Waals surface area contributed by atoms with E-state index < -0.39 is 36.3 Å². The van der Waals surface area contributed by atoms with Crippen LogP contribution >= 0.6 is 0 Å². The van der Waals surface area contributed by atoms with Crippen LogP contribution in [0.4, 0.5) is 0 Å². The number of nitrogens with one attached hydrogen (secondary N) is 2. The van der Waals surface area contributed by atoms with E-state index in [4.69, 9.17) is 4.74 Å². The van der Waals surface area contributed by atoms with Crippen LogP contribution in [0.25, 0.3) is 0 Å². The van der Waals surface area contributed by atoms with Gasteiger partial charge in [-0.2, -0.15) is 0 Å². The fraction of sp³-hybridized carbons (Fsp3) is 0.400. The molecule has 2 rings (SSSR count). The van der Waals surface area contributed by atoms with Crippen LogP contribution in [0.3, 0.4) is 0 Å². The number of hydrogen-bond donors (Lipinski definition) is 3. The van der Waals surface area contributed by atoms with Crippen molar-refractivity contribution in [2.75, 3.05) is 13.2 Å². The summed E-state index contributed by atoms with van der Waals surface area (Å²) >= 11 is 0. The van der Waals surface area contributed by atoms with Gasteiger partial charge in [0, 0.05) is 0 Å². The number of benzene rings is 2. The summed E-state index contributed by atoms with van der Waals surface area (Å²) in [6.45, 7) is 2.89. The van der Waals surface area contributed by atoms with E-state index in [1.807, 2.05) is 50.2 Å². The van der Waals surface area contributed by atoms with Crippen molar-refractivity contribution >= 4 is 17.6 Å². The molecule has 0 saturated heterocycles. The molecule has 3 atom stereocenters. The maximum Gasteiger partial charge on any atom is 0.258 e. The second kappa shape index (κ2) is 13.3. The summed E-state index contributed by atoms with van der Waals surface area (Å²) in [5.74, 6) is -0.941. The van der Waals surface area contributed by atoms with Gasteiger partial charge in [0.15, 0.2) is 12.4 Å². The highest BCUT2D eigenvalue weighted by Gasteiger charge is 2.29. The largest absolute Gasteiger partial charge is 0.484 e. The summed E-state index contributed by atoms with van der Waals surface area (Å²) in [5.41, 5.74) is 1.03. The van der Waals surface area contributed by atoms with Crippen LogP contribution in [0.15, 0.2) is 60.7 Å². The summed E-state index contributed by atoms with van der Waals surface area (Å²) in [5, 5.41) is 14.8. The number of carbonyl (C=O) groups excluding carboxylic acids is 3. The lowest BCUT2D eigenvalue weighted by Crippen LogP contribution is -2.55. The number of ketones is 1. The average molecular weight is 441 g/mol. The molecule has 0 aliphatic rings. The first kappa shape index (κ1) is 25.1. The molecule has 172 valence electrons. The number of Topliss-reactive ketones (excluding diaryl/α,β-unsaturated/α-hetero) is 1. The molecule has 0 heterocycles. The molecule has 3 N–H and O–H groups in total. The van der Waals surface area contributed by atoms with Gasteiger partial charge in [-0.3, -0.25) is 14.4 Å². The Morgan fingerprint density at radius 1 is 0.969 bits per heavy atom. The van der Waals surface area contributed by atoms with Gasteiger partial charge in [0.25, 0.3) is 5.91 Å².